The van der Waals surface area contributed by atoms with E-state index in [0.29, 0.717) is 0 Å². The molecule has 0 aliphatic heterocycles. The third kappa shape index (κ3) is 3.12. The summed E-state index contributed by atoms with van der Waals surface area (Å²) in [5.74, 6) is 0. The van der Waals surface area contributed by atoms with Crippen LogP contribution < -0.4 is 21.9 Å². The Morgan fingerprint density at radius 1 is 0.488 bits per heavy atom. The molecule has 0 atom stereocenters. The minimum atomic E-state index is 1.02. The van der Waals surface area contributed by atoms with Crippen molar-refractivity contribution in [2.24, 2.45) is 0 Å². The van der Waals surface area contributed by atoms with Crippen LogP contribution in [0.15, 0.2) is 60.7 Å². The molecule has 3 aliphatic rings. The van der Waals surface area contributed by atoms with Gasteiger partial charge in [0.05, 0.1) is 0 Å². The van der Waals surface area contributed by atoms with Gasteiger partial charge < -0.3 is 0 Å². The van der Waals surface area contributed by atoms with Gasteiger partial charge in [0.25, 0.3) is 0 Å². The van der Waals surface area contributed by atoms with E-state index in [-0.39, 0.29) is 0 Å². The third-order valence-electron chi connectivity index (χ3n) is 11.6. The molecule has 6 aromatic carbocycles. The van der Waals surface area contributed by atoms with Crippen LogP contribution in [0.3, 0.4) is 0 Å². The molecule has 0 heterocycles. The normalized spacial score (nSPS) is 13.8. The van der Waals surface area contributed by atoms with Gasteiger partial charge in [-0.2, -0.15) is 0 Å². The van der Waals surface area contributed by atoms with Gasteiger partial charge in [-0.15, -0.1) is 0 Å². The standard InChI is InChI=1S/C39H32B4/c1-17-28-29(18(2)37(41)36(17)40)33-34-30(19(3)38(42)39(43)35(33)34)32(28)25-11-7-10-22-15-27-24(31(22)25)13-12-21-14-23(16-26(21)27)20-8-5-4-6-9-20/h4-14H,15-16,40-43H2,1-3H3. The highest BCUT2D eigenvalue weighted by atomic mass is 14.4. The number of aryl methyl sites for hydroxylation is 3. The molecule has 6 aromatic rings. The van der Waals surface area contributed by atoms with E-state index in [4.69, 9.17) is 0 Å². The summed E-state index contributed by atoms with van der Waals surface area (Å²) < 4.78 is 0. The van der Waals surface area contributed by atoms with E-state index in [0.717, 1.165) is 12.8 Å². The lowest BCUT2D eigenvalue weighted by Gasteiger charge is -2.21. The van der Waals surface area contributed by atoms with Crippen molar-refractivity contribution < 1.29 is 0 Å². The Balaban J connectivity index is 1.35. The number of allylic oxidation sites excluding steroid dienone is 1. The Hall–Kier alpha value is -4.16. The summed E-state index contributed by atoms with van der Waals surface area (Å²) in [6.45, 7) is 7.09. The highest BCUT2D eigenvalue weighted by Gasteiger charge is 2.36. The quantitative estimate of drug-likeness (QED) is 0.232. The van der Waals surface area contributed by atoms with Gasteiger partial charge in [0.2, 0.25) is 0 Å². The van der Waals surface area contributed by atoms with Crippen molar-refractivity contribution in [1.29, 1.82) is 0 Å². The number of hydrogen-bond donors (Lipinski definition) is 0. The predicted molar refractivity (Wildman–Crippen MR) is 199 cm³/mol. The van der Waals surface area contributed by atoms with Crippen molar-refractivity contribution in [3.05, 3.63) is 105 Å². The SMILES string of the molecule is Bc1c(B)c(C)c2c3c4c-3c(B)c(B)c(C)c4c(-c3cccc4c3-c3ccc5c(c3C4)CC(c3ccccc3)=C5)c2c1C. The molecule has 0 amide bonds. The molecule has 0 fully saturated rings. The number of benzene rings is 6. The Bertz CT molecular complexity index is 2340. The fourth-order valence-corrected chi connectivity index (χ4v) is 8.77. The molecule has 0 N–H and O–H groups in total. The fraction of sp³-hybridized carbons (Fsp3) is 0.128. The molecule has 3 aliphatic carbocycles. The molecule has 0 nitrogen and oxygen atoms in total. The van der Waals surface area contributed by atoms with E-state index in [9.17, 15) is 0 Å². The maximum atomic E-state index is 2.42. The molecule has 0 saturated heterocycles. The number of fused-ring (bicyclic) bond motifs is 8. The monoisotopic (exact) mass is 544 g/mol. The molecule has 9 rings (SSSR count). The first-order valence-electron chi connectivity index (χ1n) is 15.8. The van der Waals surface area contributed by atoms with E-state index < -0.39 is 0 Å². The summed E-state index contributed by atoms with van der Waals surface area (Å²) in [5.41, 5.74) is 27.7. The predicted octanol–water partition coefficient (Wildman–Crippen LogP) is 3.27. The highest BCUT2D eigenvalue weighted by molar-refractivity contribution is 6.59. The van der Waals surface area contributed by atoms with Crippen molar-refractivity contribution in [3.63, 3.8) is 0 Å². The van der Waals surface area contributed by atoms with Crippen LogP contribution >= 0.6 is 0 Å². The molecule has 43 heavy (non-hydrogen) atoms. The summed E-state index contributed by atoms with van der Waals surface area (Å²) in [7, 11) is 9.31. The lowest BCUT2D eigenvalue weighted by Crippen LogP contribution is -2.31. The van der Waals surface area contributed by atoms with Gasteiger partial charge in [0, 0.05) is 0 Å². The first-order valence-corrected chi connectivity index (χ1v) is 15.8. The average Bonchev–Trinajstić information content (AvgIpc) is 3.39. The second-order valence-corrected chi connectivity index (χ2v) is 13.4. The van der Waals surface area contributed by atoms with Crippen molar-refractivity contribution in [2.75, 3.05) is 0 Å². The lowest BCUT2D eigenvalue weighted by molar-refractivity contribution is 1.18. The van der Waals surface area contributed by atoms with Crippen LogP contribution in [0.2, 0.25) is 0 Å². The molecule has 0 radical (unpaired) electrons. The lowest BCUT2D eigenvalue weighted by atomic mass is 9.71. The van der Waals surface area contributed by atoms with E-state index in [1.165, 1.54) is 127 Å². The molecular weight excluding hydrogens is 512 g/mol. The van der Waals surface area contributed by atoms with Gasteiger partial charge >= 0.3 is 0 Å². The minimum Gasteiger partial charge on any atom is -0.0914 e. The van der Waals surface area contributed by atoms with Gasteiger partial charge in [0.1, 0.15) is 31.4 Å². The fourth-order valence-electron chi connectivity index (χ4n) is 8.77. The van der Waals surface area contributed by atoms with Crippen molar-refractivity contribution in [1.82, 2.24) is 0 Å². The Morgan fingerprint density at radius 2 is 1.14 bits per heavy atom. The van der Waals surface area contributed by atoms with Crippen molar-refractivity contribution >= 4 is 86.4 Å². The molecule has 200 valence electrons. The van der Waals surface area contributed by atoms with Crippen LogP contribution in [0.25, 0.3) is 66.6 Å². The Morgan fingerprint density at radius 3 is 1.86 bits per heavy atom. The number of hydrogen-bond acceptors (Lipinski definition) is 0. The molecular formula is C39H32B4. The van der Waals surface area contributed by atoms with Crippen LogP contribution in [0.1, 0.15) is 44.5 Å². The summed E-state index contributed by atoms with van der Waals surface area (Å²) in [6, 6.07) is 22.8. The van der Waals surface area contributed by atoms with Crippen molar-refractivity contribution in [2.45, 2.75) is 33.6 Å². The number of rotatable bonds is 2. The minimum absolute atomic E-state index is 1.02. The summed E-state index contributed by atoms with van der Waals surface area (Å²) in [6.07, 6.45) is 4.46. The van der Waals surface area contributed by atoms with Gasteiger partial charge in [-0.1, -0.05) is 88.6 Å². The largest absolute Gasteiger partial charge is 0.139 e. The zero-order valence-electron chi connectivity index (χ0n) is 26.3. The van der Waals surface area contributed by atoms with Gasteiger partial charge in [-0.25, -0.2) is 0 Å². The molecule has 4 heteroatoms. The van der Waals surface area contributed by atoms with E-state index in [1.807, 2.05) is 0 Å². The second-order valence-electron chi connectivity index (χ2n) is 13.4. The van der Waals surface area contributed by atoms with Gasteiger partial charge in [0.15, 0.2) is 0 Å². The molecule has 0 spiro atoms. The summed E-state index contributed by atoms with van der Waals surface area (Å²) in [4.78, 5) is 0. The first-order chi connectivity index (χ1) is 20.8. The van der Waals surface area contributed by atoms with Crippen LogP contribution in [-0.4, -0.2) is 31.4 Å². The van der Waals surface area contributed by atoms with Crippen LogP contribution in [0, 0.1) is 20.8 Å². The Kier molecular flexibility index (Phi) is 5.00. The van der Waals surface area contributed by atoms with Crippen LogP contribution in [-0.2, 0) is 12.8 Å². The van der Waals surface area contributed by atoms with Crippen molar-refractivity contribution in [3.8, 4) is 33.4 Å². The molecule has 0 saturated carbocycles. The maximum Gasteiger partial charge on any atom is 0.139 e. The van der Waals surface area contributed by atoms with E-state index in [2.05, 4.69) is 119 Å². The van der Waals surface area contributed by atoms with Crippen LogP contribution in [0.5, 0.6) is 0 Å². The zero-order chi connectivity index (χ0) is 29.5. The molecule has 0 bridgehead atoms. The smallest absolute Gasteiger partial charge is 0.0914 e. The summed E-state index contributed by atoms with van der Waals surface area (Å²) in [5, 5.41) is 5.98. The highest BCUT2D eigenvalue weighted by Crippen LogP contribution is 2.58. The first kappa shape index (κ1) is 25.3. The second kappa shape index (κ2) is 8.48. The maximum absolute atomic E-state index is 2.42. The summed E-state index contributed by atoms with van der Waals surface area (Å²) >= 11 is 0. The third-order valence-corrected chi connectivity index (χ3v) is 11.6. The topological polar surface area (TPSA) is 0 Å². The Labute approximate surface area is 257 Å². The van der Waals surface area contributed by atoms with E-state index >= 15 is 0 Å². The average molecular weight is 544 g/mol. The molecule has 0 unspecified atom stereocenters. The van der Waals surface area contributed by atoms with E-state index in [1.54, 1.807) is 0 Å². The molecule has 0 aromatic heterocycles. The van der Waals surface area contributed by atoms with Gasteiger partial charge in [-0.05, 0) is 139 Å². The van der Waals surface area contributed by atoms with Crippen LogP contribution in [0.4, 0.5) is 0 Å². The zero-order valence-corrected chi connectivity index (χ0v) is 26.3. The van der Waals surface area contributed by atoms with Gasteiger partial charge in [-0.3, -0.25) is 0 Å².